The summed E-state index contributed by atoms with van der Waals surface area (Å²) < 4.78 is 0. The molecule has 0 N–H and O–H groups in total. The van der Waals surface area contributed by atoms with E-state index in [0.29, 0.717) is 11.3 Å². The van der Waals surface area contributed by atoms with Crippen molar-refractivity contribution in [2.75, 3.05) is 0 Å². The summed E-state index contributed by atoms with van der Waals surface area (Å²) in [6, 6.07) is 0. The SMILES string of the molecule is CC1=CCC(C/C=C(/C)C=O)C1(C)C. The second-order valence-corrected chi connectivity index (χ2v) is 4.84. The average Bonchev–Trinajstić information content (AvgIpc) is 2.39. The van der Waals surface area contributed by atoms with Crippen LogP contribution in [0.25, 0.3) is 0 Å². The molecule has 1 heteroatoms. The second-order valence-electron chi connectivity index (χ2n) is 4.84. The average molecular weight is 192 g/mol. The van der Waals surface area contributed by atoms with Crippen LogP contribution in [0.5, 0.6) is 0 Å². The van der Waals surface area contributed by atoms with Gasteiger partial charge in [0.05, 0.1) is 0 Å². The molecule has 1 nitrogen and oxygen atoms in total. The summed E-state index contributed by atoms with van der Waals surface area (Å²) in [7, 11) is 0. The fourth-order valence-corrected chi connectivity index (χ4v) is 1.97. The molecule has 1 unspecified atom stereocenters. The summed E-state index contributed by atoms with van der Waals surface area (Å²) in [5.74, 6) is 0.664. The lowest BCUT2D eigenvalue weighted by molar-refractivity contribution is -0.104. The van der Waals surface area contributed by atoms with Crippen molar-refractivity contribution in [3.05, 3.63) is 23.3 Å². The Morgan fingerprint density at radius 2 is 2.29 bits per heavy atom. The molecule has 0 aliphatic heterocycles. The van der Waals surface area contributed by atoms with Crippen LogP contribution in [0.3, 0.4) is 0 Å². The molecule has 1 atom stereocenters. The zero-order valence-electron chi connectivity index (χ0n) is 9.63. The van der Waals surface area contributed by atoms with E-state index in [4.69, 9.17) is 0 Å². The predicted octanol–water partition coefficient (Wildman–Crippen LogP) is 3.51. The van der Waals surface area contributed by atoms with Crippen molar-refractivity contribution in [1.82, 2.24) is 0 Å². The normalized spacial score (nSPS) is 26.1. The lowest BCUT2D eigenvalue weighted by Crippen LogP contribution is -2.19. The van der Waals surface area contributed by atoms with Gasteiger partial charge in [-0.3, -0.25) is 4.79 Å². The molecule has 0 saturated heterocycles. The summed E-state index contributed by atoms with van der Waals surface area (Å²) >= 11 is 0. The molecule has 0 aromatic rings. The van der Waals surface area contributed by atoms with Gasteiger partial charge < -0.3 is 0 Å². The zero-order valence-corrected chi connectivity index (χ0v) is 9.63. The van der Waals surface area contributed by atoms with Crippen molar-refractivity contribution in [2.24, 2.45) is 11.3 Å². The molecule has 0 radical (unpaired) electrons. The standard InChI is InChI=1S/C13H20O/c1-10(9-14)5-7-12-8-6-11(2)13(12,3)4/h5-6,9,12H,7-8H2,1-4H3/b10-5-. The Labute approximate surface area is 86.9 Å². The highest BCUT2D eigenvalue weighted by Crippen LogP contribution is 2.44. The maximum Gasteiger partial charge on any atom is 0.145 e. The van der Waals surface area contributed by atoms with Crippen LogP contribution in [0.2, 0.25) is 0 Å². The molecule has 14 heavy (non-hydrogen) atoms. The van der Waals surface area contributed by atoms with Crippen LogP contribution < -0.4 is 0 Å². The first kappa shape index (κ1) is 11.2. The van der Waals surface area contributed by atoms with Crippen LogP contribution in [0, 0.1) is 11.3 Å². The Morgan fingerprint density at radius 3 is 2.71 bits per heavy atom. The summed E-state index contributed by atoms with van der Waals surface area (Å²) in [5.41, 5.74) is 2.64. The van der Waals surface area contributed by atoms with E-state index >= 15 is 0 Å². The Morgan fingerprint density at radius 1 is 1.64 bits per heavy atom. The third-order valence-corrected chi connectivity index (χ3v) is 3.66. The number of carbonyl (C=O) groups excluding carboxylic acids is 1. The summed E-state index contributed by atoms with van der Waals surface area (Å²) in [6.45, 7) is 8.66. The summed E-state index contributed by atoms with van der Waals surface area (Å²) in [4.78, 5) is 10.5. The number of aldehydes is 1. The van der Waals surface area contributed by atoms with Crippen LogP contribution in [0.1, 0.15) is 40.5 Å². The van der Waals surface area contributed by atoms with E-state index in [0.717, 1.165) is 24.7 Å². The maximum absolute atomic E-state index is 10.5. The van der Waals surface area contributed by atoms with E-state index in [-0.39, 0.29) is 0 Å². The lowest BCUT2D eigenvalue weighted by Gasteiger charge is -2.28. The topological polar surface area (TPSA) is 17.1 Å². The highest BCUT2D eigenvalue weighted by Gasteiger charge is 2.33. The molecule has 1 aliphatic carbocycles. The fraction of sp³-hybridized carbons (Fsp3) is 0.615. The van der Waals surface area contributed by atoms with Gasteiger partial charge in [0.25, 0.3) is 0 Å². The van der Waals surface area contributed by atoms with Crippen LogP contribution in [-0.4, -0.2) is 6.29 Å². The molecule has 0 saturated carbocycles. The molecule has 78 valence electrons. The zero-order chi connectivity index (χ0) is 10.8. The van der Waals surface area contributed by atoms with Crippen LogP contribution in [0.4, 0.5) is 0 Å². The molecule has 0 heterocycles. The molecule has 0 spiro atoms. The molecule has 0 aromatic carbocycles. The van der Waals surface area contributed by atoms with Gasteiger partial charge in [0, 0.05) is 0 Å². The van der Waals surface area contributed by atoms with Gasteiger partial charge >= 0.3 is 0 Å². The van der Waals surface area contributed by atoms with Gasteiger partial charge in [-0.15, -0.1) is 0 Å². The monoisotopic (exact) mass is 192 g/mol. The number of carbonyl (C=O) groups is 1. The molecule has 0 amide bonds. The molecule has 0 aromatic heterocycles. The maximum atomic E-state index is 10.5. The van der Waals surface area contributed by atoms with Gasteiger partial charge in [-0.25, -0.2) is 0 Å². The first-order valence-corrected chi connectivity index (χ1v) is 5.27. The number of hydrogen-bond acceptors (Lipinski definition) is 1. The Bertz CT molecular complexity index is 282. The van der Waals surface area contributed by atoms with E-state index < -0.39 is 0 Å². The molecular weight excluding hydrogens is 172 g/mol. The van der Waals surface area contributed by atoms with E-state index in [9.17, 15) is 4.79 Å². The van der Waals surface area contributed by atoms with Gasteiger partial charge in [0.15, 0.2) is 0 Å². The predicted molar refractivity (Wildman–Crippen MR) is 60.1 cm³/mol. The van der Waals surface area contributed by atoms with Gasteiger partial charge in [0.2, 0.25) is 0 Å². The highest BCUT2D eigenvalue weighted by atomic mass is 16.1. The van der Waals surface area contributed by atoms with Crippen molar-refractivity contribution >= 4 is 6.29 Å². The van der Waals surface area contributed by atoms with Crippen molar-refractivity contribution in [1.29, 1.82) is 0 Å². The smallest absolute Gasteiger partial charge is 0.145 e. The molecule has 1 aliphatic rings. The van der Waals surface area contributed by atoms with E-state index in [1.54, 1.807) is 0 Å². The molecule has 0 bridgehead atoms. The highest BCUT2D eigenvalue weighted by molar-refractivity contribution is 5.71. The van der Waals surface area contributed by atoms with Gasteiger partial charge in [-0.05, 0) is 43.6 Å². The third kappa shape index (κ3) is 2.14. The largest absolute Gasteiger partial charge is 0.298 e. The summed E-state index contributed by atoms with van der Waals surface area (Å²) in [6.07, 6.45) is 7.50. The summed E-state index contributed by atoms with van der Waals surface area (Å²) in [5, 5.41) is 0. The van der Waals surface area contributed by atoms with Gasteiger partial charge in [-0.2, -0.15) is 0 Å². The number of rotatable bonds is 3. The van der Waals surface area contributed by atoms with Crippen LogP contribution in [-0.2, 0) is 4.79 Å². The Balaban J connectivity index is 2.62. The minimum absolute atomic E-state index is 0.305. The van der Waals surface area contributed by atoms with E-state index in [1.165, 1.54) is 5.57 Å². The Kier molecular flexibility index (Phi) is 3.30. The quantitative estimate of drug-likeness (QED) is 0.380. The van der Waals surface area contributed by atoms with Crippen LogP contribution >= 0.6 is 0 Å². The van der Waals surface area contributed by atoms with Crippen LogP contribution in [0.15, 0.2) is 23.3 Å². The first-order valence-electron chi connectivity index (χ1n) is 5.27. The molecular formula is C13H20O. The van der Waals surface area contributed by atoms with Gasteiger partial charge in [0.1, 0.15) is 6.29 Å². The Hall–Kier alpha value is -0.850. The van der Waals surface area contributed by atoms with Crippen molar-refractivity contribution in [3.8, 4) is 0 Å². The third-order valence-electron chi connectivity index (χ3n) is 3.66. The molecule has 0 fully saturated rings. The lowest BCUT2D eigenvalue weighted by atomic mass is 9.76. The minimum atomic E-state index is 0.305. The fourth-order valence-electron chi connectivity index (χ4n) is 1.97. The van der Waals surface area contributed by atoms with Crippen molar-refractivity contribution in [3.63, 3.8) is 0 Å². The first-order chi connectivity index (χ1) is 6.48. The van der Waals surface area contributed by atoms with E-state index in [2.05, 4.69) is 32.9 Å². The van der Waals surface area contributed by atoms with E-state index in [1.807, 2.05) is 6.92 Å². The van der Waals surface area contributed by atoms with Gasteiger partial charge in [-0.1, -0.05) is 31.6 Å². The number of hydrogen-bond donors (Lipinski definition) is 0. The minimum Gasteiger partial charge on any atom is -0.298 e. The molecule has 1 rings (SSSR count). The second kappa shape index (κ2) is 4.12. The van der Waals surface area contributed by atoms with Crippen molar-refractivity contribution in [2.45, 2.75) is 40.5 Å². The number of allylic oxidation sites excluding steroid dienone is 4. The van der Waals surface area contributed by atoms with Crippen molar-refractivity contribution < 1.29 is 4.79 Å².